The van der Waals surface area contributed by atoms with Crippen molar-refractivity contribution in [2.24, 2.45) is 0 Å². The van der Waals surface area contributed by atoms with Crippen LogP contribution in [0.4, 0.5) is 5.69 Å². The van der Waals surface area contributed by atoms with Crippen molar-refractivity contribution in [3.63, 3.8) is 0 Å². The Hall–Kier alpha value is -3.33. The number of rotatable bonds is 7. The number of methoxy groups -OCH3 is 1. The Morgan fingerprint density at radius 3 is 2.53 bits per heavy atom. The molecule has 0 aliphatic carbocycles. The number of nitrogens with zero attached hydrogens (tertiary/aromatic N) is 1. The normalized spacial score (nSPS) is 11.3. The molecule has 0 atom stereocenters. The first-order valence-corrected chi connectivity index (χ1v) is 10.9. The second-order valence-electron chi connectivity index (χ2n) is 6.55. The van der Waals surface area contributed by atoms with E-state index in [0.29, 0.717) is 30.0 Å². The number of sulfonamides is 1. The van der Waals surface area contributed by atoms with Crippen molar-refractivity contribution < 1.29 is 17.9 Å². The van der Waals surface area contributed by atoms with Crippen molar-refractivity contribution in [2.75, 3.05) is 24.9 Å². The summed E-state index contributed by atoms with van der Waals surface area (Å²) in [6.45, 7) is 4.58. The summed E-state index contributed by atoms with van der Waals surface area (Å²) in [7, 11) is -2.47. The van der Waals surface area contributed by atoms with Gasteiger partial charge in [0, 0.05) is 36.3 Å². The molecule has 1 aromatic heterocycles. The number of pyridine rings is 1. The Bertz CT molecular complexity index is 1250. The van der Waals surface area contributed by atoms with Crippen LogP contribution in [0.25, 0.3) is 10.9 Å². The molecule has 1 heterocycles. The number of carbonyl (C=O) groups excluding carboxylic acids is 1. The van der Waals surface area contributed by atoms with Crippen LogP contribution in [0.5, 0.6) is 5.75 Å². The largest absolute Gasteiger partial charge is 0.497 e. The summed E-state index contributed by atoms with van der Waals surface area (Å²) in [5.74, 6) is 0.107. The summed E-state index contributed by atoms with van der Waals surface area (Å²) in [6.07, 6.45) is 1.37. The predicted octanol–water partition coefficient (Wildman–Crippen LogP) is 2.82. The molecule has 2 aromatic carbocycles. The fraction of sp³-hybridized carbons (Fsp3) is 0.238. The van der Waals surface area contributed by atoms with Crippen molar-refractivity contribution in [3.8, 4) is 5.75 Å². The molecule has 2 N–H and O–H groups in total. The van der Waals surface area contributed by atoms with Crippen LogP contribution in [0.15, 0.2) is 58.4 Å². The number of aromatic amines is 1. The van der Waals surface area contributed by atoms with Gasteiger partial charge < -0.3 is 14.6 Å². The molecule has 0 unspecified atom stereocenters. The van der Waals surface area contributed by atoms with Gasteiger partial charge in [-0.15, -0.1) is 0 Å². The third kappa shape index (κ3) is 4.16. The number of nitrogens with one attached hydrogen (secondary N) is 2. The molecule has 158 valence electrons. The molecule has 0 aliphatic rings. The highest BCUT2D eigenvalue weighted by Crippen LogP contribution is 2.22. The summed E-state index contributed by atoms with van der Waals surface area (Å²) in [4.78, 5) is 29.9. The highest BCUT2D eigenvalue weighted by molar-refractivity contribution is 7.92. The number of hydrogen-bond acceptors (Lipinski definition) is 5. The lowest BCUT2D eigenvalue weighted by Gasteiger charge is -2.18. The topological polar surface area (TPSA) is 109 Å². The summed E-state index contributed by atoms with van der Waals surface area (Å²) < 4.78 is 33.3. The number of anilines is 1. The van der Waals surface area contributed by atoms with Crippen molar-refractivity contribution in [2.45, 2.75) is 18.7 Å². The van der Waals surface area contributed by atoms with Crippen LogP contribution in [0.3, 0.4) is 0 Å². The van der Waals surface area contributed by atoms with E-state index in [4.69, 9.17) is 4.74 Å². The van der Waals surface area contributed by atoms with Crippen LogP contribution in [0.1, 0.15) is 24.2 Å². The summed E-state index contributed by atoms with van der Waals surface area (Å²) in [6, 6.07) is 10.7. The van der Waals surface area contributed by atoms with E-state index in [0.717, 1.165) is 0 Å². The van der Waals surface area contributed by atoms with Crippen LogP contribution in [0, 0.1) is 0 Å². The zero-order chi connectivity index (χ0) is 21.9. The summed E-state index contributed by atoms with van der Waals surface area (Å²) in [5.41, 5.74) is 0.228. The van der Waals surface area contributed by atoms with Gasteiger partial charge in [0.2, 0.25) is 5.43 Å². The fourth-order valence-corrected chi connectivity index (χ4v) is 4.18. The number of ether oxygens (including phenoxy) is 1. The van der Waals surface area contributed by atoms with Gasteiger partial charge in [-0.2, -0.15) is 0 Å². The maximum absolute atomic E-state index is 12.9. The van der Waals surface area contributed by atoms with Crippen molar-refractivity contribution >= 4 is 32.5 Å². The highest BCUT2D eigenvalue weighted by atomic mass is 32.2. The van der Waals surface area contributed by atoms with Crippen LogP contribution in [-0.2, 0) is 10.0 Å². The number of H-pyrrole nitrogens is 1. The van der Waals surface area contributed by atoms with Gasteiger partial charge in [0.1, 0.15) is 11.3 Å². The third-order valence-electron chi connectivity index (χ3n) is 4.77. The Labute approximate surface area is 174 Å². The Morgan fingerprint density at radius 2 is 1.87 bits per heavy atom. The average Bonchev–Trinajstić information content (AvgIpc) is 2.74. The first kappa shape index (κ1) is 21.4. The summed E-state index contributed by atoms with van der Waals surface area (Å²) in [5, 5.41) is 0.126. The number of aromatic nitrogens is 1. The van der Waals surface area contributed by atoms with Crippen molar-refractivity contribution in [1.82, 2.24) is 9.88 Å². The molecule has 0 aliphatic heterocycles. The van der Waals surface area contributed by atoms with Crippen molar-refractivity contribution in [3.05, 3.63) is 64.4 Å². The first-order chi connectivity index (χ1) is 14.3. The van der Waals surface area contributed by atoms with E-state index in [1.54, 1.807) is 24.3 Å². The summed E-state index contributed by atoms with van der Waals surface area (Å²) >= 11 is 0. The van der Waals surface area contributed by atoms with E-state index in [2.05, 4.69) is 9.71 Å². The second-order valence-corrected chi connectivity index (χ2v) is 8.24. The molecule has 9 heteroatoms. The molecular formula is C21H23N3O5S. The number of hydrogen-bond donors (Lipinski definition) is 2. The van der Waals surface area contributed by atoms with E-state index >= 15 is 0 Å². The Balaban J connectivity index is 2.04. The molecule has 30 heavy (non-hydrogen) atoms. The van der Waals surface area contributed by atoms with E-state index < -0.39 is 21.4 Å². The molecule has 0 bridgehead atoms. The zero-order valence-corrected chi connectivity index (χ0v) is 17.7. The van der Waals surface area contributed by atoms with Crippen molar-refractivity contribution in [1.29, 1.82) is 0 Å². The fourth-order valence-electron chi connectivity index (χ4n) is 3.11. The van der Waals surface area contributed by atoms with Crippen LogP contribution in [-0.4, -0.2) is 44.4 Å². The van der Waals surface area contributed by atoms with E-state index in [9.17, 15) is 18.0 Å². The lowest BCUT2D eigenvalue weighted by molar-refractivity contribution is 0.0771. The number of benzene rings is 2. The molecular weight excluding hydrogens is 406 g/mol. The van der Waals surface area contributed by atoms with Gasteiger partial charge in [0.05, 0.1) is 17.7 Å². The number of amides is 1. The second kappa shape index (κ2) is 8.58. The quantitative estimate of drug-likeness (QED) is 0.600. The van der Waals surface area contributed by atoms with Crippen LogP contribution < -0.4 is 14.9 Å². The third-order valence-corrected chi connectivity index (χ3v) is 6.14. The van der Waals surface area contributed by atoms with Gasteiger partial charge in [-0.25, -0.2) is 8.42 Å². The van der Waals surface area contributed by atoms with Gasteiger partial charge in [-0.1, -0.05) is 6.07 Å². The number of carbonyl (C=O) groups is 1. The standard InChI is InChI=1S/C21H23N3O5S/c1-4-24(5-2)21(26)18-13-22-19-10-9-16(12-17(19)20(18)25)30(27,28)23-14-7-6-8-15(11-14)29-3/h6-13,23H,4-5H2,1-3H3,(H,22,25). The Kier molecular flexibility index (Phi) is 6.12. The molecule has 0 radical (unpaired) electrons. The van der Waals surface area contributed by atoms with Gasteiger partial charge in [-0.05, 0) is 44.2 Å². The van der Waals surface area contributed by atoms with E-state index in [1.807, 2.05) is 13.8 Å². The number of fused-ring (bicyclic) bond motifs is 1. The van der Waals surface area contributed by atoms with Gasteiger partial charge in [-0.3, -0.25) is 14.3 Å². The van der Waals surface area contributed by atoms with Gasteiger partial charge in [0.25, 0.3) is 15.9 Å². The highest BCUT2D eigenvalue weighted by Gasteiger charge is 2.20. The Morgan fingerprint density at radius 1 is 1.13 bits per heavy atom. The van der Waals surface area contributed by atoms with Crippen LogP contribution >= 0.6 is 0 Å². The molecule has 1 amide bonds. The van der Waals surface area contributed by atoms with Gasteiger partial charge in [0.15, 0.2) is 0 Å². The monoisotopic (exact) mass is 429 g/mol. The zero-order valence-electron chi connectivity index (χ0n) is 16.9. The maximum atomic E-state index is 12.9. The predicted molar refractivity (Wildman–Crippen MR) is 116 cm³/mol. The SMILES string of the molecule is CCN(CC)C(=O)c1c[nH]c2ccc(S(=O)(=O)Nc3cccc(OC)c3)cc2c1=O. The smallest absolute Gasteiger partial charge is 0.261 e. The molecule has 0 saturated carbocycles. The molecule has 0 spiro atoms. The molecule has 8 nitrogen and oxygen atoms in total. The maximum Gasteiger partial charge on any atom is 0.261 e. The minimum Gasteiger partial charge on any atom is -0.497 e. The molecule has 3 rings (SSSR count). The minimum absolute atomic E-state index is 0.0264. The molecule has 0 fully saturated rings. The molecule has 0 saturated heterocycles. The molecule has 3 aromatic rings. The van der Waals surface area contributed by atoms with E-state index in [1.165, 1.54) is 36.4 Å². The lowest BCUT2D eigenvalue weighted by Crippen LogP contribution is -2.34. The minimum atomic E-state index is -3.96. The van der Waals surface area contributed by atoms with Crippen LogP contribution in [0.2, 0.25) is 0 Å². The average molecular weight is 429 g/mol. The van der Waals surface area contributed by atoms with E-state index in [-0.39, 0.29) is 15.8 Å². The first-order valence-electron chi connectivity index (χ1n) is 9.42. The lowest BCUT2D eigenvalue weighted by atomic mass is 10.1. The van der Waals surface area contributed by atoms with Gasteiger partial charge >= 0.3 is 0 Å².